The van der Waals surface area contributed by atoms with Gasteiger partial charge in [0.05, 0.1) is 5.70 Å². The fourth-order valence-corrected chi connectivity index (χ4v) is 2.75. The molecule has 27 heavy (non-hydrogen) atoms. The number of carbonyl (C=O) groups excluding carboxylic acids is 2. The lowest BCUT2D eigenvalue weighted by atomic mass is 10.0. The molecule has 4 rings (SSSR count). The Morgan fingerprint density at radius 3 is 2.04 bits per heavy atom. The molecule has 3 heterocycles. The Hall–Kier alpha value is -1.94. The summed E-state index contributed by atoms with van der Waals surface area (Å²) < 4.78 is 14.7. The summed E-state index contributed by atoms with van der Waals surface area (Å²) in [6.07, 6.45) is 1.16. The van der Waals surface area contributed by atoms with E-state index in [1.807, 2.05) is 21.6 Å². The average molecular weight is 380 g/mol. The van der Waals surface area contributed by atoms with Crippen molar-refractivity contribution in [2.75, 3.05) is 53.0 Å². The Bertz CT molecular complexity index is 648. The largest absolute Gasteiger partial charge is 0.365 e. The van der Waals surface area contributed by atoms with Gasteiger partial charge in [-0.15, -0.1) is 0 Å². The van der Waals surface area contributed by atoms with Gasteiger partial charge in [-0.3, -0.25) is 9.59 Å². The fraction of sp³-hybridized carbons (Fsp3) is 0.667. The molecule has 2 unspecified atom stereocenters. The molecule has 9 nitrogen and oxygen atoms in total. The highest BCUT2D eigenvalue weighted by Crippen LogP contribution is 2.33. The van der Waals surface area contributed by atoms with Gasteiger partial charge in [-0.2, -0.15) is 0 Å². The molecule has 4 aliphatic rings. The van der Waals surface area contributed by atoms with E-state index in [0.717, 1.165) is 39.3 Å². The lowest BCUT2D eigenvalue weighted by Crippen LogP contribution is -2.29. The van der Waals surface area contributed by atoms with E-state index in [2.05, 4.69) is 0 Å². The number of hydrogen-bond donors (Lipinski definition) is 1. The SMILES string of the molecule is CCOC(OC)OC(C)N.O=C1C=C(N2CC2)C(=O)C(N2CC2)=C1N1CC1. The van der Waals surface area contributed by atoms with Crippen molar-refractivity contribution in [3.63, 3.8) is 0 Å². The number of nitrogens with two attached hydrogens (primary N) is 1. The van der Waals surface area contributed by atoms with Gasteiger partial charge in [-0.05, 0) is 13.8 Å². The van der Waals surface area contributed by atoms with Crippen molar-refractivity contribution in [2.24, 2.45) is 5.73 Å². The van der Waals surface area contributed by atoms with Crippen LogP contribution in [0, 0.1) is 0 Å². The van der Waals surface area contributed by atoms with Crippen LogP contribution in [0.1, 0.15) is 13.8 Å². The minimum atomic E-state index is -0.634. The van der Waals surface area contributed by atoms with Crippen molar-refractivity contribution in [1.82, 2.24) is 14.7 Å². The predicted molar refractivity (Wildman–Crippen MR) is 97.0 cm³/mol. The third-order valence-corrected chi connectivity index (χ3v) is 4.31. The Balaban J connectivity index is 0.000000183. The zero-order chi connectivity index (χ0) is 19.6. The van der Waals surface area contributed by atoms with E-state index >= 15 is 0 Å². The van der Waals surface area contributed by atoms with E-state index in [0.29, 0.717) is 23.7 Å². The molecule has 0 amide bonds. The van der Waals surface area contributed by atoms with Crippen molar-refractivity contribution in [2.45, 2.75) is 26.6 Å². The molecular formula is C18H28N4O5. The van der Waals surface area contributed by atoms with E-state index in [1.54, 1.807) is 6.92 Å². The third-order valence-electron chi connectivity index (χ3n) is 4.31. The zero-order valence-corrected chi connectivity index (χ0v) is 16.1. The van der Waals surface area contributed by atoms with Crippen LogP contribution in [0.2, 0.25) is 0 Å². The molecule has 0 spiro atoms. The number of allylic oxidation sites excluding steroid dienone is 1. The molecular weight excluding hydrogens is 352 g/mol. The number of hydrogen-bond acceptors (Lipinski definition) is 9. The number of carbonyl (C=O) groups is 2. The summed E-state index contributed by atoms with van der Waals surface area (Å²) in [5.41, 5.74) is 7.20. The maximum absolute atomic E-state index is 12.4. The van der Waals surface area contributed by atoms with Gasteiger partial charge >= 0.3 is 0 Å². The molecule has 0 aromatic heterocycles. The third kappa shape index (κ3) is 5.07. The molecule has 0 aromatic rings. The Labute approximate surface area is 159 Å². The molecule has 0 radical (unpaired) electrons. The first-order valence-electron chi connectivity index (χ1n) is 9.31. The van der Waals surface area contributed by atoms with E-state index in [9.17, 15) is 9.59 Å². The van der Waals surface area contributed by atoms with Crippen molar-refractivity contribution in [1.29, 1.82) is 0 Å². The molecule has 150 valence electrons. The topological polar surface area (TPSA) is 96.9 Å². The highest BCUT2D eigenvalue weighted by atomic mass is 16.8. The second-order valence-electron chi connectivity index (χ2n) is 6.70. The lowest BCUT2D eigenvalue weighted by molar-refractivity contribution is -0.289. The van der Waals surface area contributed by atoms with E-state index < -0.39 is 6.48 Å². The van der Waals surface area contributed by atoms with E-state index in [-0.39, 0.29) is 17.8 Å². The van der Waals surface area contributed by atoms with Crippen LogP contribution in [0.3, 0.4) is 0 Å². The average Bonchev–Trinajstić information content (AvgIpc) is 3.49. The van der Waals surface area contributed by atoms with Crippen LogP contribution >= 0.6 is 0 Å². The van der Waals surface area contributed by atoms with Crippen LogP contribution in [0.4, 0.5) is 0 Å². The normalized spacial score (nSPS) is 23.0. The summed E-state index contributed by atoms with van der Waals surface area (Å²) in [6, 6.07) is 0. The fourth-order valence-electron chi connectivity index (χ4n) is 2.75. The summed E-state index contributed by atoms with van der Waals surface area (Å²) >= 11 is 0. The zero-order valence-electron chi connectivity index (χ0n) is 16.1. The van der Waals surface area contributed by atoms with Crippen LogP contribution in [0.15, 0.2) is 23.2 Å². The predicted octanol–water partition coefficient (Wildman–Crippen LogP) is -0.545. The second-order valence-corrected chi connectivity index (χ2v) is 6.70. The standard InChI is InChI=1S/C12H13N3O2.C6H15NO3/c16-9-7-8(13-1-2-13)12(17)11(15-5-6-15)10(9)14-3-4-14;1-4-9-6(8-3)10-5(2)7/h7H,1-6H2;5-6H,4,7H2,1-3H3. The van der Waals surface area contributed by atoms with Gasteiger partial charge in [0.1, 0.15) is 17.6 Å². The Kier molecular flexibility index (Phi) is 6.15. The van der Waals surface area contributed by atoms with Crippen LogP contribution in [-0.2, 0) is 23.8 Å². The molecule has 0 saturated carbocycles. The number of ether oxygens (including phenoxy) is 3. The van der Waals surface area contributed by atoms with Gasteiger partial charge in [0.15, 0.2) is 0 Å². The summed E-state index contributed by atoms with van der Waals surface area (Å²) in [6.45, 7) is 8.89. The molecule has 2 atom stereocenters. The van der Waals surface area contributed by atoms with Crippen LogP contribution in [0.5, 0.6) is 0 Å². The first-order chi connectivity index (χ1) is 13.0. The van der Waals surface area contributed by atoms with Gasteiger partial charge in [0.25, 0.3) is 6.48 Å². The summed E-state index contributed by atoms with van der Waals surface area (Å²) in [5, 5.41) is 0. The summed E-state index contributed by atoms with van der Waals surface area (Å²) in [5.74, 6) is 0.0485. The molecule has 3 fully saturated rings. The minimum Gasteiger partial charge on any atom is -0.365 e. The molecule has 2 N–H and O–H groups in total. The molecule has 3 aliphatic heterocycles. The highest BCUT2D eigenvalue weighted by Gasteiger charge is 2.43. The number of rotatable bonds is 8. The Morgan fingerprint density at radius 1 is 1.04 bits per heavy atom. The summed E-state index contributed by atoms with van der Waals surface area (Å²) in [4.78, 5) is 30.5. The number of nitrogens with zero attached hydrogens (tertiary/aromatic N) is 3. The summed E-state index contributed by atoms with van der Waals surface area (Å²) in [7, 11) is 1.50. The van der Waals surface area contributed by atoms with Crippen LogP contribution < -0.4 is 5.73 Å². The van der Waals surface area contributed by atoms with Crippen LogP contribution in [0.25, 0.3) is 0 Å². The van der Waals surface area contributed by atoms with Gasteiger partial charge in [-0.1, -0.05) is 0 Å². The quantitative estimate of drug-likeness (QED) is 0.338. The van der Waals surface area contributed by atoms with Gasteiger partial charge in [0, 0.05) is 59.1 Å². The highest BCUT2D eigenvalue weighted by molar-refractivity contribution is 6.22. The van der Waals surface area contributed by atoms with Gasteiger partial charge < -0.3 is 34.6 Å². The van der Waals surface area contributed by atoms with Crippen LogP contribution in [-0.4, -0.2) is 92.0 Å². The number of ketones is 2. The molecule has 1 aliphatic carbocycles. The molecule has 9 heteroatoms. The van der Waals surface area contributed by atoms with Crippen molar-refractivity contribution < 1.29 is 23.8 Å². The van der Waals surface area contributed by atoms with Crippen molar-refractivity contribution in [3.8, 4) is 0 Å². The maximum Gasteiger partial charge on any atom is 0.272 e. The van der Waals surface area contributed by atoms with Crippen molar-refractivity contribution >= 4 is 11.6 Å². The van der Waals surface area contributed by atoms with E-state index in [1.165, 1.54) is 13.2 Å². The smallest absolute Gasteiger partial charge is 0.272 e. The monoisotopic (exact) mass is 380 g/mol. The molecule has 3 saturated heterocycles. The number of Topliss-reactive ketones (excluding diaryl/α,β-unsaturated/α-hetero) is 1. The van der Waals surface area contributed by atoms with E-state index in [4.69, 9.17) is 19.9 Å². The lowest BCUT2D eigenvalue weighted by Gasteiger charge is -2.21. The molecule has 0 aromatic carbocycles. The number of methoxy groups -OCH3 is 1. The first-order valence-corrected chi connectivity index (χ1v) is 9.31. The van der Waals surface area contributed by atoms with Crippen molar-refractivity contribution in [3.05, 3.63) is 23.2 Å². The first kappa shape index (κ1) is 19.8. The van der Waals surface area contributed by atoms with Gasteiger partial charge in [0.2, 0.25) is 11.6 Å². The Morgan fingerprint density at radius 2 is 1.59 bits per heavy atom. The maximum atomic E-state index is 12.4. The second kappa shape index (κ2) is 8.39. The minimum absolute atomic E-state index is 0.00546. The molecule has 0 bridgehead atoms. The van der Waals surface area contributed by atoms with Gasteiger partial charge in [-0.25, -0.2) is 0 Å².